The Morgan fingerprint density at radius 3 is 2.50 bits per heavy atom. The molecule has 0 aromatic heterocycles. The number of ether oxygens (including phenoxy) is 3. The van der Waals surface area contributed by atoms with Gasteiger partial charge in [0, 0.05) is 0 Å². The van der Waals surface area contributed by atoms with Crippen LogP contribution < -0.4 is 0 Å². The average Bonchev–Trinajstić information content (AvgIpc) is 2.33. The van der Waals surface area contributed by atoms with Crippen molar-refractivity contribution >= 4 is 0 Å². The SMILES string of the molecule is C[C@@H]1O[C@H]2OC(C)(C)O[C@H]2[C@@H]1O. The molecule has 1 N–H and O–H groups in total. The number of rotatable bonds is 0. The van der Waals surface area contributed by atoms with Gasteiger partial charge in [0.2, 0.25) is 0 Å². The van der Waals surface area contributed by atoms with E-state index in [1.54, 1.807) is 0 Å². The highest BCUT2D eigenvalue weighted by Crippen LogP contribution is 2.36. The van der Waals surface area contributed by atoms with Gasteiger partial charge in [0.05, 0.1) is 6.10 Å². The van der Waals surface area contributed by atoms with Gasteiger partial charge in [-0.3, -0.25) is 0 Å². The Labute approximate surface area is 71.4 Å². The fourth-order valence-corrected chi connectivity index (χ4v) is 1.65. The van der Waals surface area contributed by atoms with Crippen LogP contribution in [0.15, 0.2) is 0 Å². The van der Waals surface area contributed by atoms with Crippen molar-refractivity contribution in [3.05, 3.63) is 0 Å². The molecule has 2 aliphatic rings. The molecule has 0 amide bonds. The van der Waals surface area contributed by atoms with E-state index in [0.29, 0.717) is 0 Å². The molecule has 0 bridgehead atoms. The van der Waals surface area contributed by atoms with Crippen molar-refractivity contribution in [2.24, 2.45) is 0 Å². The summed E-state index contributed by atoms with van der Waals surface area (Å²) < 4.78 is 16.2. The fraction of sp³-hybridized carbons (Fsp3) is 1.00. The number of hydrogen-bond donors (Lipinski definition) is 1. The van der Waals surface area contributed by atoms with E-state index >= 15 is 0 Å². The Morgan fingerprint density at radius 2 is 1.92 bits per heavy atom. The fourth-order valence-electron chi connectivity index (χ4n) is 1.65. The van der Waals surface area contributed by atoms with Gasteiger partial charge in [0.25, 0.3) is 0 Å². The van der Waals surface area contributed by atoms with Gasteiger partial charge in [-0.25, -0.2) is 0 Å². The minimum atomic E-state index is -0.629. The molecule has 0 aliphatic carbocycles. The minimum absolute atomic E-state index is 0.198. The molecule has 0 unspecified atom stereocenters. The molecule has 0 spiro atoms. The predicted octanol–water partition coefficient (Wildman–Crippen LogP) is 0.244. The smallest absolute Gasteiger partial charge is 0.190 e. The molecule has 2 saturated heterocycles. The lowest BCUT2D eigenvalue weighted by Crippen LogP contribution is -2.33. The van der Waals surface area contributed by atoms with Gasteiger partial charge in [-0.05, 0) is 20.8 Å². The maximum absolute atomic E-state index is 9.57. The van der Waals surface area contributed by atoms with Crippen LogP contribution in [-0.4, -0.2) is 35.5 Å². The standard InChI is InChI=1S/C8H14O4/c1-4-5(9)6-7(10-4)12-8(2,3)11-6/h4-7,9H,1-3H3/t4-,5+,6-,7-/m0/s1. The van der Waals surface area contributed by atoms with Crippen LogP contribution >= 0.6 is 0 Å². The van der Waals surface area contributed by atoms with E-state index in [9.17, 15) is 5.11 Å². The van der Waals surface area contributed by atoms with Crippen LogP contribution in [0, 0.1) is 0 Å². The van der Waals surface area contributed by atoms with Crippen molar-refractivity contribution < 1.29 is 19.3 Å². The van der Waals surface area contributed by atoms with Crippen molar-refractivity contribution in [2.75, 3.05) is 0 Å². The highest BCUT2D eigenvalue weighted by Gasteiger charge is 2.52. The van der Waals surface area contributed by atoms with E-state index in [0.717, 1.165) is 0 Å². The normalized spacial score (nSPS) is 51.0. The molecule has 2 aliphatic heterocycles. The maximum atomic E-state index is 9.57. The van der Waals surface area contributed by atoms with Crippen molar-refractivity contribution in [3.8, 4) is 0 Å². The summed E-state index contributed by atoms with van der Waals surface area (Å²) in [6, 6.07) is 0. The average molecular weight is 174 g/mol. The predicted molar refractivity (Wildman–Crippen MR) is 40.4 cm³/mol. The third kappa shape index (κ3) is 1.15. The summed E-state index contributed by atoms with van der Waals surface area (Å²) in [5, 5.41) is 9.57. The molecule has 2 fully saturated rings. The first-order valence-electron chi connectivity index (χ1n) is 4.19. The second-order valence-corrected chi connectivity index (χ2v) is 3.80. The molecule has 0 saturated carbocycles. The van der Waals surface area contributed by atoms with Crippen LogP contribution in [0.1, 0.15) is 20.8 Å². The van der Waals surface area contributed by atoms with Gasteiger partial charge in [-0.1, -0.05) is 0 Å². The molecule has 4 nitrogen and oxygen atoms in total. The highest BCUT2D eigenvalue weighted by molar-refractivity contribution is 4.90. The Kier molecular flexibility index (Phi) is 1.70. The second kappa shape index (κ2) is 2.42. The number of hydrogen-bond acceptors (Lipinski definition) is 4. The molecule has 2 heterocycles. The van der Waals surface area contributed by atoms with Gasteiger partial charge in [-0.15, -0.1) is 0 Å². The Hall–Kier alpha value is -0.160. The Balaban J connectivity index is 2.11. The lowest BCUT2D eigenvalue weighted by Gasteiger charge is -2.20. The van der Waals surface area contributed by atoms with Crippen LogP contribution in [0.4, 0.5) is 0 Å². The van der Waals surface area contributed by atoms with E-state index < -0.39 is 18.2 Å². The maximum Gasteiger partial charge on any atom is 0.190 e. The van der Waals surface area contributed by atoms with Gasteiger partial charge in [0.15, 0.2) is 12.1 Å². The molecule has 4 heteroatoms. The number of fused-ring (bicyclic) bond motifs is 1. The summed E-state index contributed by atoms with van der Waals surface area (Å²) >= 11 is 0. The molecule has 0 aromatic rings. The quantitative estimate of drug-likeness (QED) is 0.571. The van der Waals surface area contributed by atoms with Gasteiger partial charge >= 0.3 is 0 Å². The first-order chi connectivity index (χ1) is 5.49. The van der Waals surface area contributed by atoms with Gasteiger partial charge in [0.1, 0.15) is 12.2 Å². The van der Waals surface area contributed by atoms with Gasteiger partial charge < -0.3 is 19.3 Å². The lowest BCUT2D eigenvalue weighted by molar-refractivity contribution is -0.212. The molecule has 70 valence electrons. The van der Waals surface area contributed by atoms with E-state index in [2.05, 4.69) is 0 Å². The molecular weight excluding hydrogens is 160 g/mol. The zero-order valence-corrected chi connectivity index (χ0v) is 7.48. The molecule has 4 atom stereocenters. The summed E-state index contributed by atoms with van der Waals surface area (Å²) in [5.41, 5.74) is 0. The van der Waals surface area contributed by atoms with Crippen LogP contribution in [0.2, 0.25) is 0 Å². The molecule has 0 aromatic carbocycles. The number of aliphatic hydroxyl groups excluding tert-OH is 1. The third-order valence-electron chi connectivity index (χ3n) is 2.25. The lowest BCUT2D eigenvalue weighted by atomic mass is 10.2. The molecule has 0 radical (unpaired) electrons. The summed E-state index contributed by atoms with van der Waals surface area (Å²) in [5.74, 6) is -0.629. The zero-order valence-electron chi connectivity index (χ0n) is 7.48. The van der Waals surface area contributed by atoms with Crippen LogP contribution in [0.5, 0.6) is 0 Å². The van der Waals surface area contributed by atoms with E-state index in [-0.39, 0.29) is 12.2 Å². The van der Waals surface area contributed by atoms with Crippen LogP contribution in [0.25, 0.3) is 0 Å². The number of aliphatic hydroxyl groups is 1. The van der Waals surface area contributed by atoms with Gasteiger partial charge in [-0.2, -0.15) is 0 Å². The topological polar surface area (TPSA) is 47.9 Å². The Bertz CT molecular complexity index is 191. The highest BCUT2D eigenvalue weighted by atomic mass is 16.8. The van der Waals surface area contributed by atoms with Crippen molar-refractivity contribution in [1.82, 2.24) is 0 Å². The first-order valence-corrected chi connectivity index (χ1v) is 4.19. The van der Waals surface area contributed by atoms with E-state index in [4.69, 9.17) is 14.2 Å². The van der Waals surface area contributed by atoms with Crippen molar-refractivity contribution in [3.63, 3.8) is 0 Å². The van der Waals surface area contributed by atoms with Crippen LogP contribution in [0.3, 0.4) is 0 Å². The summed E-state index contributed by atoms with van der Waals surface area (Å²) in [4.78, 5) is 0. The minimum Gasteiger partial charge on any atom is -0.387 e. The van der Waals surface area contributed by atoms with Crippen molar-refractivity contribution in [2.45, 2.75) is 51.2 Å². The molecule has 2 rings (SSSR count). The molecular formula is C8H14O4. The van der Waals surface area contributed by atoms with Crippen molar-refractivity contribution in [1.29, 1.82) is 0 Å². The first kappa shape index (κ1) is 8.44. The molecule has 12 heavy (non-hydrogen) atoms. The summed E-state index contributed by atoms with van der Waals surface area (Å²) in [6.07, 6.45) is -1.49. The summed E-state index contributed by atoms with van der Waals surface area (Å²) in [6.45, 7) is 5.43. The zero-order chi connectivity index (χ0) is 8.93. The monoisotopic (exact) mass is 174 g/mol. The second-order valence-electron chi connectivity index (χ2n) is 3.80. The van der Waals surface area contributed by atoms with Crippen LogP contribution in [-0.2, 0) is 14.2 Å². The summed E-state index contributed by atoms with van der Waals surface area (Å²) in [7, 11) is 0. The Morgan fingerprint density at radius 1 is 1.25 bits per heavy atom. The third-order valence-corrected chi connectivity index (χ3v) is 2.25. The van der Waals surface area contributed by atoms with E-state index in [1.807, 2.05) is 20.8 Å². The largest absolute Gasteiger partial charge is 0.387 e. The van der Waals surface area contributed by atoms with E-state index in [1.165, 1.54) is 0 Å².